The van der Waals surface area contributed by atoms with Crippen LogP contribution in [0.3, 0.4) is 0 Å². The Morgan fingerprint density at radius 2 is 1.45 bits per heavy atom. The zero-order valence-corrected chi connectivity index (χ0v) is 21.4. The molecule has 0 radical (unpaired) electrons. The lowest BCUT2D eigenvalue weighted by Gasteiger charge is -2.19. The van der Waals surface area contributed by atoms with Gasteiger partial charge in [-0.3, -0.25) is 9.59 Å². The van der Waals surface area contributed by atoms with Crippen molar-refractivity contribution < 1.29 is 9.53 Å². The predicted octanol–water partition coefficient (Wildman–Crippen LogP) is 6.26. The second-order valence-corrected chi connectivity index (χ2v) is 9.14. The van der Waals surface area contributed by atoms with E-state index in [4.69, 9.17) is 4.74 Å². The summed E-state index contributed by atoms with van der Waals surface area (Å²) in [5, 5.41) is 1.04. The van der Waals surface area contributed by atoms with Crippen LogP contribution in [-0.4, -0.2) is 21.7 Å². The van der Waals surface area contributed by atoms with E-state index in [9.17, 15) is 9.59 Å². The normalized spacial score (nSPS) is 11.4. The van der Waals surface area contributed by atoms with Crippen molar-refractivity contribution in [3.8, 4) is 0 Å². The number of hydrogen-bond acceptors (Lipinski definition) is 3. The summed E-state index contributed by atoms with van der Waals surface area (Å²) < 4.78 is 8.78. The van der Waals surface area contributed by atoms with E-state index >= 15 is 0 Å². The van der Waals surface area contributed by atoms with Crippen LogP contribution < -0.4 is 5.56 Å². The highest BCUT2D eigenvalue weighted by molar-refractivity contribution is 5.90. The molecule has 190 valence electrons. The van der Waals surface area contributed by atoms with E-state index in [2.05, 4.69) is 24.3 Å². The maximum absolute atomic E-state index is 12.8. The fourth-order valence-electron chi connectivity index (χ4n) is 4.91. The van der Waals surface area contributed by atoms with Crippen molar-refractivity contribution in [2.75, 3.05) is 6.61 Å². The molecule has 0 amide bonds. The lowest BCUT2D eigenvalue weighted by molar-refractivity contribution is -0.143. The number of rotatable bonds is 9. The summed E-state index contributed by atoms with van der Waals surface area (Å²) in [5.41, 5.74) is 5.31. The monoisotopic (exact) mass is 502 g/mol. The fourth-order valence-corrected chi connectivity index (χ4v) is 4.91. The molecule has 0 fully saturated rings. The smallest absolute Gasteiger partial charge is 0.325 e. The quantitative estimate of drug-likeness (QED) is 0.224. The Morgan fingerprint density at radius 3 is 2.13 bits per heavy atom. The van der Waals surface area contributed by atoms with Crippen LogP contribution in [0.1, 0.15) is 35.1 Å². The van der Waals surface area contributed by atoms with Gasteiger partial charge in [0.15, 0.2) is 0 Å². The molecule has 0 aliphatic rings. The predicted molar refractivity (Wildman–Crippen MR) is 152 cm³/mol. The van der Waals surface area contributed by atoms with Gasteiger partial charge in [0.05, 0.1) is 6.61 Å². The van der Waals surface area contributed by atoms with Crippen molar-refractivity contribution >= 4 is 22.9 Å². The molecule has 0 bridgehead atoms. The van der Waals surface area contributed by atoms with Gasteiger partial charge in [-0.05, 0) is 35.2 Å². The van der Waals surface area contributed by atoms with Crippen LogP contribution in [0.4, 0.5) is 0 Å². The first-order chi connectivity index (χ1) is 18.6. The highest BCUT2D eigenvalue weighted by Crippen LogP contribution is 2.31. The largest absolute Gasteiger partial charge is 0.465 e. The third kappa shape index (κ3) is 5.52. The third-order valence-corrected chi connectivity index (χ3v) is 6.63. The lowest BCUT2D eigenvalue weighted by Crippen LogP contribution is -2.19. The van der Waals surface area contributed by atoms with Crippen LogP contribution in [0.15, 0.2) is 120 Å². The number of para-hydroxylation sites is 1. The summed E-state index contributed by atoms with van der Waals surface area (Å²) in [4.78, 5) is 24.9. The molecule has 0 saturated carbocycles. The number of hydrogen-bond donors (Lipinski definition) is 0. The molecule has 5 rings (SSSR count). The molecule has 0 unspecified atom stereocenters. The average molecular weight is 503 g/mol. The van der Waals surface area contributed by atoms with Crippen molar-refractivity contribution in [2.45, 2.75) is 25.9 Å². The summed E-state index contributed by atoms with van der Waals surface area (Å²) in [6.45, 7) is 2.75. The van der Waals surface area contributed by atoms with Gasteiger partial charge in [-0.15, -0.1) is 0 Å². The first-order valence-corrected chi connectivity index (χ1v) is 12.8. The van der Waals surface area contributed by atoms with Gasteiger partial charge in [0.2, 0.25) is 0 Å². The molecular weight excluding hydrogens is 472 g/mol. The van der Waals surface area contributed by atoms with Crippen LogP contribution in [0.5, 0.6) is 0 Å². The Kier molecular flexibility index (Phi) is 7.65. The Morgan fingerprint density at radius 1 is 0.789 bits per heavy atom. The van der Waals surface area contributed by atoms with Crippen molar-refractivity contribution in [3.05, 3.63) is 148 Å². The average Bonchev–Trinajstić information content (AvgIpc) is 3.29. The van der Waals surface area contributed by atoms with Gasteiger partial charge >= 0.3 is 5.97 Å². The molecule has 0 N–H and O–H groups in total. The van der Waals surface area contributed by atoms with Crippen molar-refractivity contribution in [3.63, 3.8) is 0 Å². The van der Waals surface area contributed by atoms with Crippen LogP contribution in [0.2, 0.25) is 0 Å². The second-order valence-electron chi connectivity index (χ2n) is 9.14. The third-order valence-electron chi connectivity index (χ3n) is 6.63. The molecule has 0 atom stereocenters. The van der Waals surface area contributed by atoms with Gasteiger partial charge < -0.3 is 13.9 Å². The zero-order chi connectivity index (χ0) is 26.3. The molecule has 5 aromatic rings. The zero-order valence-electron chi connectivity index (χ0n) is 21.4. The number of fused-ring (bicyclic) bond motifs is 1. The summed E-state index contributed by atoms with van der Waals surface area (Å²) in [6.07, 6.45) is 7.91. The Labute approximate surface area is 222 Å². The Bertz CT molecular complexity index is 1580. The minimum Gasteiger partial charge on any atom is -0.465 e. The van der Waals surface area contributed by atoms with Crippen molar-refractivity contribution in [2.24, 2.45) is 0 Å². The molecule has 0 aliphatic heterocycles. The van der Waals surface area contributed by atoms with Gasteiger partial charge in [-0.2, -0.15) is 0 Å². The molecular formula is C33H30N2O3. The molecule has 5 nitrogen and oxygen atoms in total. The van der Waals surface area contributed by atoms with E-state index in [1.165, 1.54) is 11.1 Å². The lowest BCUT2D eigenvalue weighted by atomic mass is 9.86. The first-order valence-electron chi connectivity index (χ1n) is 12.8. The molecule has 3 aromatic carbocycles. The van der Waals surface area contributed by atoms with Crippen LogP contribution in [0.25, 0.3) is 17.0 Å². The first kappa shape index (κ1) is 25.0. The van der Waals surface area contributed by atoms with Crippen LogP contribution in [-0.2, 0) is 22.6 Å². The molecule has 2 heterocycles. The van der Waals surface area contributed by atoms with E-state index in [-0.39, 0.29) is 24.0 Å². The van der Waals surface area contributed by atoms with E-state index < -0.39 is 0 Å². The molecule has 0 saturated heterocycles. The number of benzene rings is 3. The molecule has 0 spiro atoms. The highest BCUT2D eigenvalue weighted by atomic mass is 16.5. The molecule has 5 heteroatoms. The molecule has 2 aromatic heterocycles. The van der Waals surface area contributed by atoms with Gasteiger partial charge in [0.25, 0.3) is 5.56 Å². The van der Waals surface area contributed by atoms with Gasteiger partial charge in [0.1, 0.15) is 6.54 Å². The summed E-state index contributed by atoms with van der Waals surface area (Å²) in [5.74, 6) is -0.243. The van der Waals surface area contributed by atoms with Crippen molar-refractivity contribution in [1.82, 2.24) is 9.13 Å². The molecule has 38 heavy (non-hydrogen) atoms. The second kappa shape index (κ2) is 11.6. The van der Waals surface area contributed by atoms with Gasteiger partial charge in [-0.1, -0.05) is 97.1 Å². The van der Waals surface area contributed by atoms with Gasteiger partial charge in [-0.25, -0.2) is 0 Å². The minimum atomic E-state index is -0.265. The maximum atomic E-state index is 12.8. The SMILES string of the molecule is CCOC(=O)Cn1cc(/C=C/Cn2cc(C(c3ccccc3)c3ccccc3)ccc2=O)c2ccccc21. The summed E-state index contributed by atoms with van der Waals surface area (Å²) in [6, 6.07) is 32.2. The number of pyridine rings is 1. The fraction of sp³-hybridized carbons (Fsp3) is 0.152. The van der Waals surface area contributed by atoms with E-state index in [0.29, 0.717) is 13.2 Å². The summed E-state index contributed by atoms with van der Waals surface area (Å²) >= 11 is 0. The standard InChI is InChI=1S/C33H30N2O3/c1-2-38-32(37)24-35-22-27(29-17-9-10-18-30(29)35)16-11-21-34-23-28(19-20-31(34)36)33(25-12-5-3-6-13-25)26-14-7-4-8-15-26/h3-20,22-23,33H,2,21,24H2,1H3/b16-11+. The molecule has 0 aliphatic carbocycles. The van der Waals surface area contributed by atoms with Crippen molar-refractivity contribution in [1.29, 1.82) is 0 Å². The summed E-state index contributed by atoms with van der Waals surface area (Å²) in [7, 11) is 0. The number of ether oxygens (including phenoxy) is 1. The van der Waals surface area contributed by atoms with Crippen LogP contribution in [0, 0.1) is 0 Å². The van der Waals surface area contributed by atoms with Crippen LogP contribution >= 0.6 is 0 Å². The number of nitrogens with zero attached hydrogens (tertiary/aromatic N) is 2. The van der Waals surface area contributed by atoms with E-state index in [1.54, 1.807) is 17.6 Å². The number of carbonyl (C=O) groups is 1. The van der Waals surface area contributed by atoms with E-state index in [1.807, 2.05) is 95.8 Å². The maximum Gasteiger partial charge on any atom is 0.325 e. The minimum absolute atomic E-state index is 0.0223. The highest BCUT2D eigenvalue weighted by Gasteiger charge is 2.17. The number of esters is 1. The topological polar surface area (TPSA) is 53.2 Å². The Balaban J connectivity index is 1.44. The van der Waals surface area contributed by atoms with E-state index in [0.717, 1.165) is 22.0 Å². The number of aromatic nitrogens is 2. The van der Waals surface area contributed by atoms with Gasteiger partial charge in [0, 0.05) is 41.8 Å². The number of allylic oxidation sites excluding steroid dienone is 1. The number of carbonyl (C=O) groups excluding carboxylic acids is 1. The Hall–Kier alpha value is -4.64.